The van der Waals surface area contributed by atoms with Crippen LogP contribution in [0.15, 0.2) is 61.6 Å². The van der Waals surface area contributed by atoms with E-state index in [1.807, 2.05) is 36.0 Å². The van der Waals surface area contributed by atoms with E-state index in [1.165, 1.54) is 12.1 Å². The van der Waals surface area contributed by atoms with E-state index in [1.54, 1.807) is 25.4 Å². The molecule has 0 unspecified atom stereocenters. The lowest BCUT2D eigenvalue weighted by Crippen LogP contribution is -2.07. The van der Waals surface area contributed by atoms with Gasteiger partial charge in [0, 0.05) is 35.6 Å². The number of halogens is 1. The summed E-state index contributed by atoms with van der Waals surface area (Å²) in [6.45, 7) is 5.24. The molecule has 0 aliphatic heterocycles. The molecule has 0 saturated carbocycles. The molecule has 0 saturated heterocycles. The van der Waals surface area contributed by atoms with Crippen LogP contribution in [0, 0.1) is 12.7 Å². The molecular weight excluding hydrogens is 355 g/mol. The molecule has 0 radical (unpaired) electrons. The Morgan fingerprint density at radius 3 is 2.79 bits per heavy atom. The van der Waals surface area contributed by atoms with E-state index in [2.05, 4.69) is 21.9 Å². The van der Waals surface area contributed by atoms with E-state index in [0.717, 1.165) is 33.4 Å². The Bertz CT molecular complexity index is 1220. The summed E-state index contributed by atoms with van der Waals surface area (Å²) in [4.78, 5) is 19.6. The molecule has 2 heterocycles. The molecule has 0 bridgehead atoms. The van der Waals surface area contributed by atoms with Gasteiger partial charge in [0.05, 0.1) is 17.5 Å². The fourth-order valence-electron chi connectivity index (χ4n) is 3.23. The highest BCUT2D eigenvalue weighted by molar-refractivity contribution is 6.04. The average molecular weight is 374 g/mol. The van der Waals surface area contributed by atoms with Gasteiger partial charge in [-0.2, -0.15) is 0 Å². The number of carbonyl (C=O) groups is 1. The van der Waals surface area contributed by atoms with Crippen molar-refractivity contribution in [3.63, 3.8) is 0 Å². The van der Waals surface area contributed by atoms with E-state index in [9.17, 15) is 9.18 Å². The van der Waals surface area contributed by atoms with Crippen LogP contribution in [-0.2, 0) is 11.8 Å². The molecule has 2 N–H and O–H groups in total. The average Bonchev–Trinajstić information content (AvgIpc) is 3.29. The summed E-state index contributed by atoms with van der Waals surface area (Å²) in [5.41, 5.74) is 5.53. The zero-order valence-electron chi connectivity index (χ0n) is 15.6. The van der Waals surface area contributed by atoms with Crippen molar-refractivity contribution in [2.45, 2.75) is 6.92 Å². The molecule has 0 atom stereocenters. The SMILES string of the molecule is C=CC(=O)Nc1cc(-c2cn(C)cn2)c2[nH]c(-c3ccc(F)c(C)c3)cc2c1. The molecule has 0 spiro atoms. The number of imidazole rings is 1. The van der Waals surface area contributed by atoms with Gasteiger partial charge in [0.1, 0.15) is 5.82 Å². The molecule has 6 heteroatoms. The molecule has 2 aromatic heterocycles. The number of H-pyrrole nitrogens is 1. The molecule has 28 heavy (non-hydrogen) atoms. The summed E-state index contributed by atoms with van der Waals surface area (Å²) in [7, 11) is 1.90. The van der Waals surface area contributed by atoms with Crippen molar-refractivity contribution in [3.05, 3.63) is 73.0 Å². The van der Waals surface area contributed by atoms with Crippen LogP contribution < -0.4 is 5.32 Å². The first-order valence-corrected chi connectivity index (χ1v) is 8.79. The number of carbonyl (C=O) groups excluding carboxylic acids is 1. The van der Waals surface area contributed by atoms with Crippen molar-refractivity contribution in [2.75, 3.05) is 5.32 Å². The fraction of sp³-hybridized carbons (Fsp3) is 0.0909. The van der Waals surface area contributed by atoms with Gasteiger partial charge in [0.15, 0.2) is 0 Å². The van der Waals surface area contributed by atoms with Crippen molar-refractivity contribution >= 4 is 22.5 Å². The minimum Gasteiger partial charge on any atom is -0.354 e. The van der Waals surface area contributed by atoms with Crippen LogP contribution in [0.5, 0.6) is 0 Å². The van der Waals surface area contributed by atoms with Crippen LogP contribution in [0.25, 0.3) is 33.4 Å². The Morgan fingerprint density at radius 2 is 2.11 bits per heavy atom. The molecule has 1 amide bonds. The maximum atomic E-state index is 13.6. The molecular formula is C22H19FN4O. The second kappa shape index (κ2) is 6.81. The zero-order valence-corrected chi connectivity index (χ0v) is 15.6. The van der Waals surface area contributed by atoms with Gasteiger partial charge in [0.25, 0.3) is 0 Å². The van der Waals surface area contributed by atoms with Crippen LogP contribution in [0.2, 0.25) is 0 Å². The number of hydrogen-bond acceptors (Lipinski definition) is 2. The van der Waals surface area contributed by atoms with Crippen molar-refractivity contribution in [2.24, 2.45) is 7.05 Å². The van der Waals surface area contributed by atoms with Crippen molar-refractivity contribution < 1.29 is 9.18 Å². The molecule has 0 fully saturated rings. The first-order valence-electron chi connectivity index (χ1n) is 8.79. The van der Waals surface area contributed by atoms with Crippen LogP contribution in [0.4, 0.5) is 10.1 Å². The number of benzene rings is 2. The summed E-state index contributed by atoms with van der Waals surface area (Å²) in [5, 5.41) is 3.73. The number of fused-ring (bicyclic) bond motifs is 1. The molecule has 2 aromatic carbocycles. The second-order valence-electron chi connectivity index (χ2n) is 6.75. The molecule has 140 valence electrons. The van der Waals surface area contributed by atoms with Gasteiger partial charge in [-0.15, -0.1) is 0 Å². The van der Waals surface area contributed by atoms with Gasteiger partial charge >= 0.3 is 0 Å². The lowest BCUT2D eigenvalue weighted by Gasteiger charge is -2.07. The van der Waals surface area contributed by atoms with Crippen LogP contribution in [0.1, 0.15) is 5.56 Å². The van der Waals surface area contributed by atoms with Gasteiger partial charge < -0.3 is 14.9 Å². The zero-order chi connectivity index (χ0) is 19.8. The Kier molecular flexibility index (Phi) is 4.31. The largest absolute Gasteiger partial charge is 0.354 e. The maximum Gasteiger partial charge on any atom is 0.247 e. The molecule has 5 nitrogen and oxygen atoms in total. The first kappa shape index (κ1) is 17.7. The second-order valence-corrected chi connectivity index (χ2v) is 6.75. The number of aryl methyl sites for hydroxylation is 2. The van der Waals surface area contributed by atoms with E-state index in [0.29, 0.717) is 11.3 Å². The Labute approximate surface area is 161 Å². The predicted octanol–water partition coefficient (Wildman–Crippen LogP) is 4.81. The minimum atomic E-state index is -0.281. The summed E-state index contributed by atoms with van der Waals surface area (Å²) >= 11 is 0. The highest BCUT2D eigenvalue weighted by atomic mass is 19.1. The summed E-state index contributed by atoms with van der Waals surface area (Å²) in [6, 6.07) is 10.8. The normalized spacial score (nSPS) is 11.0. The van der Waals surface area contributed by atoms with Gasteiger partial charge in [-0.3, -0.25) is 4.79 Å². The van der Waals surface area contributed by atoms with Crippen molar-refractivity contribution in [3.8, 4) is 22.5 Å². The molecule has 4 aromatic rings. The topological polar surface area (TPSA) is 62.7 Å². The molecule has 4 rings (SSSR count). The number of aromatic nitrogens is 3. The lowest BCUT2D eigenvalue weighted by atomic mass is 10.1. The number of anilines is 1. The summed E-state index contributed by atoms with van der Waals surface area (Å²) in [6.07, 6.45) is 4.87. The predicted molar refractivity (Wildman–Crippen MR) is 109 cm³/mol. The Hall–Kier alpha value is -3.67. The van der Waals surface area contributed by atoms with E-state index < -0.39 is 0 Å². The lowest BCUT2D eigenvalue weighted by molar-refractivity contribution is -0.111. The van der Waals surface area contributed by atoms with Gasteiger partial charge in [-0.1, -0.05) is 6.58 Å². The highest BCUT2D eigenvalue weighted by Crippen LogP contribution is 2.34. The summed E-state index contributed by atoms with van der Waals surface area (Å²) in [5.74, 6) is -0.514. The minimum absolute atomic E-state index is 0.233. The van der Waals surface area contributed by atoms with Gasteiger partial charge in [-0.05, 0) is 60.5 Å². The first-order chi connectivity index (χ1) is 13.4. The quantitative estimate of drug-likeness (QED) is 0.504. The van der Waals surface area contributed by atoms with Gasteiger partial charge in [0.2, 0.25) is 5.91 Å². The van der Waals surface area contributed by atoms with E-state index in [-0.39, 0.29) is 11.7 Å². The Balaban J connectivity index is 1.91. The van der Waals surface area contributed by atoms with Gasteiger partial charge in [-0.25, -0.2) is 9.37 Å². The number of nitrogens with zero attached hydrogens (tertiary/aromatic N) is 2. The third-order valence-electron chi connectivity index (χ3n) is 4.63. The summed E-state index contributed by atoms with van der Waals surface area (Å²) < 4.78 is 15.5. The number of amides is 1. The van der Waals surface area contributed by atoms with E-state index >= 15 is 0 Å². The number of rotatable bonds is 4. The Morgan fingerprint density at radius 1 is 1.29 bits per heavy atom. The number of aromatic amines is 1. The van der Waals surface area contributed by atoms with Crippen LogP contribution in [-0.4, -0.2) is 20.4 Å². The third kappa shape index (κ3) is 3.20. The maximum absolute atomic E-state index is 13.6. The van der Waals surface area contributed by atoms with Crippen molar-refractivity contribution in [1.82, 2.24) is 14.5 Å². The van der Waals surface area contributed by atoms with Crippen LogP contribution >= 0.6 is 0 Å². The molecule has 0 aliphatic rings. The monoisotopic (exact) mass is 374 g/mol. The molecule has 0 aliphatic carbocycles. The van der Waals surface area contributed by atoms with E-state index in [4.69, 9.17) is 0 Å². The highest BCUT2D eigenvalue weighted by Gasteiger charge is 2.14. The fourth-order valence-corrected chi connectivity index (χ4v) is 3.23. The van der Waals surface area contributed by atoms with Crippen molar-refractivity contribution in [1.29, 1.82) is 0 Å². The third-order valence-corrected chi connectivity index (χ3v) is 4.63. The number of nitrogens with one attached hydrogen (secondary N) is 2. The number of hydrogen-bond donors (Lipinski definition) is 2. The standard InChI is InChI=1S/C22H19FN4O/c1-4-21(28)25-16-8-15-9-19(14-5-6-18(23)13(2)7-14)26-22(15)17(10-16)20-11-27(3)12-24-20/h4-12,26H,1H2,2-3H3,(H,25,28). The van der Waals surface area contributed by atoms with Crippen LogP contribution in [0.3, 0.4) is 0 Å². The smallest absolute Gasteiger partial charge is 0.247 e.